The molecule has 1 aliphatic heterocycles. The third-order valence-corrected chi connectivity index (χ3v) is 4.53. The van der Waals surface area contributed by atoms with Gasteiger partial charge in [-0.1, -0.05) is 0 Å². The van der Waals surface area contributed by atoms with Crippen molar-refractivity contribution in [1.29, 1.82) is 0 Å². The maximum absolute atomic E-state index is 12.5. The molecule has 116 valence electrons. The van der Waals surface area contributed by atoms with E-state index in [0.717, 1.165) is 31.5 Å². The number of likely N-dealkylation sites (tertiary alicyclic amines) is 1. The molecule has 2 heterocycles. The number of alkyl halides is 3. The van der Waals surface area contributed by atoms with Crippen LogP contribution in [0.1, 0.15) is 29.9 Å². The average molecular weight is 301 g/mol. The number of hydrogen-bond donors (Lipinski definition) is 1. The van der Waals surface area contributed by atoms with Crippen molar-refractivity contribution >= 4 is 0 Å². The van der Waals surface area contributed by atoms with Gasteiger partial charge in [-0.15, -0.1) is 0 Å². The lowest BCUT2D eigenvalue weighted by Gasteiger charge is -2.18. The minimum absolute atomic E-state index is 0.182. The molecule has 7 heteroatoms. The van der Waals surface area contributed by atoms with E-state index in [1.807, 2.05) is 0 Å². The number of nitrogens with zero attached hydrogens (tertiary/aromatic N) is 3. The van der Waals surface area contributed by atoms with E-state index in [9.17, 15) is 18.3 Å². The third kappa shape index (κ3) is 3.03. The van der Waals surface area contributed by atoms with Crippen molar-refractivity contribution < 1.29 is 18.3 Å². The standard InChI is InChI=1S/C14H18F3N3O/c1-8-11(4-18-13(19-8)14(15,16)17)7-20-5-9-2-12(21)3-10(9)6-20/h4,9-10,12,21H,2-3,5-7H2,1H3/t9-,10+,12?. The van der Waals surface area contributed by atoms with Crippen LogP contribution in [0.5, 0.6) is 0 Å². The van der Waals surface area contributed by atoms with Crippen LogP contribution in [0.3, 0.4) is 0 Å². The Kier molecular flexibility index (Phi) is 3.65. The largest absolute Gasteiger partial charge is 0.451 e. The van der Waals surface area contributed by atoms with E-state index in [1.54, 1.807) is 6.92 Å². The molecule has 3 rings (SSSR count). The number of aryl methyl sites for hydroxylation is 1. The Balaban J connectivity index is 1.67. The first kappa shape index (κ1) is 14.7. The molecule has 0 radical (unpaired) electrons. The summed E-state index contributed by atoms with van der Waals surface area (Å²) >= 11 is 0. The summed E-state index contributed by atoms with van der Waals surface area (Å²) in [5.74, 6) is -0.0588. The zero-order chi connectivity index (χ0) is 15.2. The van der Waals surface area contributed by atoms with E-state index >= 15 is 0 Å². The molecule has 0 aromatic carbocycles. The highest BCUT2D eigenvalue weighted by atomic mass is 19.4. The summed E-state index contributed by atoms with van der Waals surface area (Å²) in [4.78, 5) is 9.22. The Hall–Kier alpha value is -1.21. The monoisotopic (exact) mass is 301 g/mol. The predicted octanol–water partition coefficient (Wildman–Crippen LogP) is 2.01. The molecule has 2 fully saturated rings. The SMILES string of the molecule is Cc1nc(C(F)(F)F)ncc1CN1C[C@H]2CC(O)C[C@H]2C1. The summed E-state index contributed by atoms with van der Waals surface area (Å²) < 4.78 is 37.6. The Labute approximate surface area is 121 Å². The molecule has 21 heavy (non-hydrogen) atoms. The lowest BCUT2D eigenvalue weighted by Crippen LogP contribution is -2.24. The summed E-state index contributed by atoms with van der Waals surface area (Å²) in [5, 5.41) is 9.62. The Morgan fingerprint density at radius 1 is 1.29 bits per heavy atom. The van der Waals surface area contributed by atoms with Gasteiger partial charge in [-0.2, -0.15) is 13.2 Å². The molecule has 1 N–H and O–H groups in total. The van der Waals surface area contributed by atoms with Crippen LogP contribution in [-0.2, 0) is 12.7 Å². The topological polar surface area (TPSA) is 49.2 Å². The fraction of sp³-hybridized carbons (Fsp3) is 0.714. The number of rotatable bonds is 2. The van der Waals surface area contributed by atoms with Crippen molar-refractivity contribution in [2.45, 2.75) is 38.6 Å². The van der Waals surface area contributed by atoms with Crippen LogP contribution >= 0.6 is 0 Å². The van der Waals surface area contributed by atoms with Crippen LogP contribution in [0.15, 0.2) is 6.20 Å². The molecule has 1 aromatic rings. The molecular formula is C14H18F3N3O. The van der Waals surface area contributed by atoms with Gasteiger partial charge in [-0.05, 0) is 31.6 Å². The van der Waals surface area contributed by atoms with E-state index in [1.165, 1.54) is 6.20 Å². The van der Waals surface area contributed by atoms with Gasteiger partial charge in [0, 0.05) is 37.1 Å². The molecule has 1 aliphatic carbocycles. The van der Waals surface area contributed by atoms with Crippen LogP contribution < -0.4 is 0 Å². The van der Waals surface area contributed by atoms with Gasteiger partial charge in [0.25, 0.3) is 0 Å². The third-order valence-electron chi connectivity index (χ3n) is 4.53. The predicted molar refractivity (Wildman–Crippen MR) is 69.3 cm³/mol. The quantitative estimate of drug-likeness (QED) is 0.908. The van der Waals surface area contributed by atoms with Gasteiger partial charge < -0.3 is 5.11 Å². The van der Waals surface area contributed by atoms with Crippen molar-refractivity contribution in [2.75, 3.05) is 13.1 Å². The normalized spacial score (nSPS) is 29.9. The lowest BCUT2D eigenvalue weighted by molar-refractivity contribution is -0.145. The van der Waals surface area contributed by atoms with Gasteiger partial charge in [0.05, 0.1) is 6.10 Å². The van der Waals surface area contributed by atoms with Gasteiger partial charge in [0.15, 0.2) is 0 Å². The van der Waals surface area contributed by atoms with E-state index < -0.39 is 12.0 Å². The van der Waals surface area contributed by atoms with E-state index in [-0.39, 0.29) is 6.10 Å². The first-order valence-electron chi connectivity index (χ1n) is 7.13. The maximum Gasteiger partial charge on any atom is 0.451 e. The summed E-state index contributed by atoms with van der Waals surface area (Å²) in [7, 11) is 0. The van der Waals surface area contributed by atoms with E-state index in [2.05, 4.69) is 14.9 Å². The molecular weight excluding hydrogens is 283 g/mol. The highest BCUT2D eigenvalue weighted by molar-refractivity contribution is 5.17. The molecule has 1 saturated carbocycles. The second kappa shape index (κ2) is 5.21. The van der Waals surface area contributed by atoms with Crippen LogP contribution in [-0.4, -0.2) is 39.2 Å². The molecule has 0 spiro atoms. The second-order valence-corrected chi connectivity index (χ2v) is 6.14. The second-order valence-electron chi connectivity index (χ2n) is 6.14. The molecule has 4 nitrogen and oxygen atoms in total. The number of aromatic nitrogens is 2. The summed E-state index contributed by atoms with van der Waals surface area (Å²) in [5.41, 5.74) is 1.12. The first-order valence-corrected chi connectivity index (χ1v) is 7.13. The average Bonchev–Trinajstić information content (AvgIpc) is 2.87. The van der Waals surface area contributed by atoms with Crippen LogP contribution in [0.4, 0.5) is 13.2 Å². The zero-order valence-electron chi connectivity index (χ0n) is 11.8. The fourth-order valence-electron chi connectivity index (χ4n) is 3.52. The molecule has 3 atom stereocenters. The van der Waals surface area contributed by atoms with Crippen LogP contribution in [0, 0.1) is 18.8 Å². The number of aliphatic hydroxyl groups is 1. The van der Waals surface area contributed by atoms with Crippen molar-refractivity contribution in [2.24, 2.45) is 11.8 Å². The summed E-state index contributed by atoms with van der Waals surface area (Å²) in [6, 6.07) is 0. The molecule has 1 aromatic heterocycles. The van der Waals surface area contributed by atoms with Gasteiger partial charge >= 0.3 is 6.18 Å². The van der Waals surface area contributed by atoms with Crippen molar-refractivity contribution in [1.82, 2.24) is 14.9 Å². The Bertz CT molecular complexity index is 521. The fourth-order valence-corrected chi connectivity index (χ4v) is 3.52. The number of aliphatic hydroxyl groups excluding tert-OH is 1. The van der Waals surface area contributed by atoms with Gasteiger partial charge in [-0.3, -0.25) is 4.90 Å². The van der Waals surface area contributed by atoms with E-state index in [0.29, 0.717) is 24.1 Å². The molecule has 2 aliphatic rings. The summed E-state index contributed by atoms with van der Waals surface area (Å²) in [6.07, 6.45) is -1.72. The summed E-state index contributed by atoms with van der Waals surface area (Å²) in [6.45, 7) is 3.95. The van der Waals surface area contributed by atoms with E-state index in [4.69, 9.17) is 0 Å². The smallest absolute Gasteiger partial charge is 0.393 e. The van der Waals surface area contributed by atoms with Crippen LogP contribution in [0.25, 0.3) is 0 Å². The number of fused-ring (bicyclic) bond motifs is 1. The minimum atomic E-state index is -4.50. The maximum atomic E-state index is 12.5. The van der Waals surface area contributed by atoms with Gasteiger partial charge in [0.2, 0.25) is 5.82 Å². The van der Waals surface area contributed by atoms with Crippen molar-refractivity contribution in [3.05, 3.63) is 23.3 Å². The molecule has 0 amide bonds. The molecule has 1 saturated heterocycles. The number of hydrogen-bond acceptors (Lipinski definition) is 4. The molecule has 1 unspecified atom stereocenters. The van der Waals surface area contributed by atoms with Crippen LogP contribution in [0.2, 0.25) is 0 Å². The zero-order valence-corrected chi connectivity index (χ0v) is 11.8. The highest BCUT2D eigenvalue weighted by Gasteiger charge is 2.40. The lowest BCUT2D eigenvalue weighted by atomic mass is 10.0. The minimum Gasteiger partial charge on any atom is -0.393 e. The Morgan fingerprint density at radius 3 is 2.43 bits per heavy atom. The Morgan fingerprint density at radius 2 is 1.90 bits per heavy atom. The molecule has 0 bridgehead atoms. The first-order chi connectivity index (χ1) is 9.83. The number of halogens is 3. The van der Waals surface area contributed by atoms with Crippen molar-refractivity contribution in [3.63, 3.8) is 0 Å². The highest BCUT2D eigenvalue weighted by Crippen LogP contribution is 2.38. The van der Waals surface area contributed by atoms with Gasteiger partial charge in [-0.25, -0.2) is 9.97 Å². The van der Waals surface area contributed by atoms with Gasteiger partial charge in [0.1, 0.15) is 0 Å². The van der Waals surface area contributed by atoms with Crippen molar-refractivity contribution in [3.8, 4) is 0 Å².